The molecule has 6 heteroatoms. The second-order valence-electron chi connectivity index (χ2n) is 6.74. The van der Waals surface area contributed by atoms with E-state index in [0.29, 0.717) is 0 Å². The Morgan fingerprint density at radius 1 is 0.778 bits per heavy atom. The van der Waals surface area contributed by atoms with Crippen LogP contribution < -0.4 is 12.4 Å². The van der Waals surface area contributed by atoms with Gasteiger partial charge in [-0.25, -0.2) is 9.59 Å². The van der Waals surface area contributed by atoms with E-state index in [1.807, 2.05) is 0 Å². The summed E-state index contributed by atoms with van der Waals surface area (Å²) in [5.74, 6) is -1.87. The Morgan fingerprint density at radius 3 is 1.30 bits per heavy atom. The van der Waals surface area contributed by atoms with E-state index in [1.165, 1.54) is 65.2 Å². The van der Waals surface area contributed by atoms with Crippen molar-refractivity contribution in [2.75, 3.05) is 0 Å². The van der Waals surface area contributed by atoms with Crippen LogP contribution in [0.25, 0.3) is 0 Å². The molecule has 0 spiro atoms. The first-order chi connectivity index (χ1) is 11.7. The summed E-state index contributed by atoms with van der Waals surface area (Å²) in [5, 5.41) is 15.8. The first kappa shape index (κ1) is 28.0. The number of carboxylic acid groups (broad SMARTS) is 2. The maximum atomic E-state index is 9.60. The molecule has 2 aliphatic carbocycles. The molecular weight excluding hydrogens is 400 g/mol. The molecule has 0 atom stereocenters. The molecule has 0 aromatic heterocycles. The Kier molecular flexibility index (Phi) is 14.4. The van der Waals surface area contributed by atoms with E-state index in [1.54, 1.807) is 22.3 Å². The van der Waals surface area contributed by atoms with Gasteiger partial charge in [0, 0.05) is 11.1 Å². The van der Waals surface area contributed by atoms with E-state index < -0.39 is 11.9 Å². The Morgan fingerprint density at radius 2 is 1.04 bits per heavy atom. The molecule has 1 aromatic rings. The second kappa shape index (κ2) is 13.9. The van der Waals surface area contributed by atoms with E-state index >= 15 is 0 Å². The molecule has 1 aromatic carbocycles. The molecule has 0 saturated carbocycles. The molecule has 27 heavy (non-hydrogen) atoms. The second-order valence-corrected chi connectivity index (χ2v) is 6.74. The molecular formula is C21H29ClO4Ti. The summed E-state index contributed by atoms with van der Waals surface area (Å²) in [4.78, 5) is 19.2. The summed E-state index contributed by atoms with van der Waals surface area (Å²) in [6, 6.07) is 2.52. The predicted molar refractivity (Wildman–Crippen MR) is 100 cm³/mol. The van der Waals surface area contributed by atoms with E-state index in [0.717, 1.165) is 0 Å². The normalized spacial score (nSPS) is 13.4. The maximum absolute atomic E-state index is 9.60. The van der Waals surface area contributed by atoms with Crippen LogP contribution >= 0.6 is 0 Å². The molecule has 4 nitrogen and oxygen atoms in total. The van der Waals surface area contributed by atoms with Crippen molar-refractivity contribution in [1.29, 1.82) is 0 Å². The van der Waals surface area contributed by atoms with Gasteiger partial charge in [-0.3, -0.25) is 0 Å². The first-order valence-corrected chi connectivity index (χ1v) is 8.80. The molecule has 0 saturated heterocycles. The van der Waals surface area contributed by atoms with Crippen molar-refractivity contribution in [2.45, 2.75) is 65.2 Å². The average molecular weight is 429 g/mol. The predicted octanol–water partition coefficient (Wildman–Crippen LogP) is 1.46. The van der Waals surface area contributed by atoms with Crippen LogP contribution in [0.15, 0.2) is 30.4 Å². The summed E-state index contributed by atoms with van der Waals surface area (Å²) in [5.41, 5.74) is 7.29. The fraction of sp³-hybridized carbons (Fsp3) is 0.476. The summed E-state index contributed by atoms with van der Waals surface area (Å²) in [6.07, 6.45) is 11.2. The van der Waals surface area contributed by atoms with Gasteiger partial charge in [0.05, 0.1) is 0 Å². The zero-order valence-electron chi connectivity index (χ0n) is 16.2. The van der Waals surface area contributed by atoms with Crippen molar-refractivity contribution < 1.29 is 53.9 Å². The zero-order chi connectivity index (χ0) is 19.0. The van der Waals surface area contributed by atoms with Crippen molar-refractivity contribution in [3.05, 3.63) is 52.6 Å². The van der Waals surface area contributed by atoms with Crippen LogP contribution in [0, 0.1) is 0 Å². The van der Waals surface area contributed by atoms with Gasteiger partial charge in [0.1, 0.15) is 0 Å². The number of rotatable bonds is 2. The van der Waals surface area contributed by atoms with Gasteiger partial charge in [-0.15, -0.1) is 0 Å². The molecule has 0 heterocycles. The number of aliphatic carboxylic acids is 2. The quantitative estimate of drug-likeness (QED) is 0.425. The summed E-state index contributed by atoms with van der Waals surface area (Å²) >= 11 is 0. The van der Waals surface area contributed by atoms with Crippen LogP contribution in [0.3, 0.4) is 0 Å². The number of hydrogen-bond donors (Lipinski definition) is 2. The van der Waals surface area contributed by atoms with Gasteiger partial charge in [0.25, 0.3) is 0 Å². The molecule has 0 unspecified atom stereocenters. The number of fused-ring (bicyclic) bond motifs is 3. The minimum Gasteiger partial charge on any atom is -1.00 e. The van der Waals surface area contributed by atoms with Gasteiger partial charge < -0.3 is 22.6 Å². The monoisotopic (exact) mass is 428 g/mol. The summed E-state index contributed by atoms with van der Waals surface area (Å²) in [7, 11) is 0. The Balaban J connectivity index is 0. The first-order valence-electron chi connectivity index (χ1n) is 8.80. The van der Waals surface area contributed by atoms with E-state index in [2.05, 4.69) is 19.2 Å². The van der Waals surface area contributed by atoms with Crippen LogP contribution in [0.2, 0.25) is 0 Å². The smallest absolute Gasteiger partial charge is 1.00 e. The van der Waals surface area contributed by atoms with Crippen molar-refractivity contribution in [3.63, 3.8) is 0 Å². The molecule has 3 rings (SSSR count). The molecule has 0 radical (unpaired) electrons. The molecule has 0 aliphatic heterocycles. The summed E-state index contributed by atoms with van der Waals surface area (Å²) < 4.78 is 0. The Bertz CT molecular complexity index is 583. The van der Waals surface area contributed by atoms with Crippen LogP contribution in [-0.2, 0) is 57.0 Å². The molecule has 2 N–H and O–H groups in total. The van der Waals surface area contributed by atoms with Gasteiger partial charge in [-0.2, -0.15) is 28.3 Å². The standard InChI is InChI=1S/C13H17.2C4H6O2.ClH.Ti/c1-3-7-12-10(5-1)9-11-6-2-4-8-13(11)12;2*1-3(2)4(5)6;;/h9H,1-8H2;2*1H2,2H3,(H,5,6);1H;/q-1;;;;+2/p-1. The Labute approximate surface area is 183 Å². The van der Waals surface area contributed by atoms with E-state index in [4.69, 9.17) is 10.2 Å². The maximum Gasteiger partial charge on any atom is 2.00 e. The number of aryl methyl sites for hydroxylation is 2. The van der Waals surface area contributed by atoms with E-state index in [-0.39, 0.29) is 45.3 Å². The van der Waals surface area contributed by atoms with Gasteiger partial charge in [-0.1, -0.05) is 64.5 Å². The third kappa shape index (κ3) is 9.50. The number of hydrogen-bond acceptors (Lipinski definition) is 2. The third-order valence-corrected chi connectivity index (χ3v) is 4.46. The number of carboxylic acids is 2. The average Bonchev–Trinajstić information content (AvgIpc) is 2.94. The zero-order valence-corrected chi connectivity index (χ0v) is 18.6. The summed E-state index contributed by atoms with van der Waals surface area (Å²) in [6.45, 7) is 9.20. The SMILES string of the molecule is C=C(C)C(=O)O.C=C(C)C(=O)O.[Cl-].[Ti+2].[cH-]1c2c(c3c1CCCC3)CCCC2. The Hall–Kier alpha value is -1.23. The van der Waals surface area contributed by atoms with Gasteiger partial charge >= 0.3 is 33.7 Å². The van der Waals surface area contributed by atoms with Crippen LogP contribution in [-0.4, -0.2) is 22.2 Å². The molecule has 0 bridgehead atoms. The minimum atomic E-state index is -0.935. The van der Waals surface area contributed by atoms with Gasteiger partial charge in [0.15, 0.2) is 0 Å². The van der Waals surface area contributed by atoms with Crippen molar-refractivity contribution in [1.82, 2.24) is 0 Å². The number of halogens is 1. The van der Waals surface area contributed by atoms with Gasteiger partial charge in [-0.05, 0) is 13.8 Å². The molecule has 2 aliphatic rings. The van der Waals surface area contributed by atoms with Crippen molar-refractivity contribution in [2.24, 2.45) is 0 Å². The third-order valence-electron chi connectivity index (χ3n) is 4.46. The minimum absolute atomic E-state index is 0. The van der Waals surface area contributed by atoms with Crippen molar-refractivity contribution >= 4 is 11.9 Å². The van der Waals surface area contributed by atoms with Crippen molar-refractivity contribution in [3.8, 4) is 0 Å². The molecule has 0 amide bonds. The van der Waals surface area contributed by atoms with Crippen LogP contribution in [0.4, 0.5) is 0 Å². The molecule has 0 fully saturated rings. The largest absolute Gasteiger partial charge is 2.00 e. The van der Waals surface area contributed by atoms with Gasteiger partial charge in [0.2, 0.25) is 0 Å². The fourth-order valence-electron chi connectivity index (χ4n) is 3.08. The van der Waals surface area contributed by atoms with E-state index in [9.17, 15) is 9.59 Å². The van der Waals surface area contributed by atoms with Crippen LogP contribution in [0.1, 0.15) is 61.8 Å². The topological polar surface area (TPSA) is 74.6 Å². The number of carbonyl (C=O) groups is 2. The van der Waals surface area contributed by atoms with Crippen LogP contribution in [0.5, 0.6) is 0 Å². The fourth-order valence-corrected chi connectivity index (χ4v) is 3.08. The molecule has 148 valence electrons.